The summed E-state index contributed by atoms with van der Waals surface area (Å²) >= 11 is 0. The van der Waals surface area contributed by atoms with Crippen molar-refractivity contribution in [3.8, 4) is 5.75 Å². The van der Waals surface area contributed by atoms with Crippen molar-refractivity contribution in [1.82, 2.24) is 0 Å². The molecule has 1 fully saturated rings. The summed E-state index contributed by atoms with van der Waals surface area (Å²) in [6.45, 7) is 4.13. The van der Waals surface area contributed by atoms with Crippen LogP contribution in [0.2, 0.25) is 0 Å². The molecule has 0 radical (unpaired) electrons. The van der Waals surface area contributed by atoms with Crippen LogP contribution in [0, 0.1) is 0 Å². The third-order valence-electron chi connectivity index (χ3n) is 5.46. The molecule has 0 unspecified atom stereocenters. The van der Waals surface area contributed by atoms with Crippen LogP contribution in [-0.4, -0.2) is 32.1 Å². The Morgan fingerprint density at radius 3 is 2.65 bits per heavy atom. The highest BCUT2D eigenvalue weighted by molar-refractivity contribution is 6.08. The zero-order valence-corrected chi connectivity index (χ0v) is 15.3. The van der Waals surface area contributed by atoms with Crippen molar-refractivity contribution >= 4 is 33.5 Å². The van der Waals surface area contributed by atoms with Crippen LogP contribution in [0.25, 0.3) is 21.9 Å². The summed E-state index contributed by atoms with van der Waals surface area (Å²) in [6.07, 6.45) is 3.66. The van der Waals surface area contributed by atoms with Crippen molar-refractivity contribution in [1.29, 1.82) is 0 Å². The molecule has 0 spiro atoms. The van der Waals surface area contributed by atoms with E-state index in [0.29, 0.717) is 11.4 Å². The summed E-state index contributed by atoms with van der Waals surface area (Å²) in [5.41, 5.74) is 2.24. The molecule has 136 valence electrons. The van der Waals surface area contributed by atoms with E-state index < -0.39 is 0 Å². The minimum atomic E-state index is -0.0774. The van der Waals surface area contributed by atoms with Gasteiger partial charge in [0.15, 0.2) is 6.04 Å². The van der Waals surface area contributed by atoms with E-state index in [-0.39, 0.29) is 11.9 Å². The summed E-state index contributed by atoms with van der Waals surface area (Å²) in [5.74, 6) is 0.675. The zero-order valence-electron chi connectivity index (χ0n) is 15.3. The lowest BCUT2D eigenvalue weighted by atomic mass is 10.1. The predicted molar refractivity (Wildman–Crippen MR) is 103 cm³/mol. The molecule has 3 aromatic rings. The van der Waals surface area contributed by atoms with Gasteiger partial charge in [-0.25, -0.2) is 0 Å². The van der Waals surface area contributed by atoms with Crippen LogP contribution in [0.4, 0.5) is 5.69 Å². The highest BCUT2D eigenvalue weighted by Gasteiger charge is 2.27. The molecule has 4 rings (SSSR count). The Morgan fingerprint density at radius 1 is 1.12 bits per heavy atom. The lowest BCUT2D eigenvalue weighted by Crippen LogP contribution is -3.17. The van der Waals surface area contributed by atoms with E-state index in [2.05, 4.69) is 5.32 Å². The lowest BCUT2D eigenvalue weighted by Gasteiger charge is -2.28. The summed E-state index contributed by atoms with van der Waals surface area (Å²) in [4.78, 5) is 14.1. The van der Waals surface area contributed by atoms with Crippen molar-refractivity contribution in [2.75, 3.05) is 25.5 Å². The zero-order chi connectivity index (χ0) is 18.1. The normalized spacial score (nSPS) is 16.7. The number of amides is 1. The molecule has 1 atom stereocenters. The van der Waals surface area contributed by atoms with Gasteiger partial charge in [-0.3, -0.25) is 4.79 Å². The molecular weight excluding hydrogens is 328 g/mol. The number of furan rings is 1. The number of hydrogen-bond donors (Lipinski definition) is 2. The standard InChI is InChI=1S/C21H24N2O3/c1-14(23-10-6-3-7-11-23)21(24)22-17-13-19-16(12-20(17)25-2)15-8-4-5-9-18(15)26-19/h4-5,8-9,12-14H,3,6-7,10-11H2,1-2H3,(H,22,24)/p+1/t14-/m1/s1. The number of rotatable bonds is 4. The Kier molecular flexibility index (Phi) is 4.55. The third kappa shape index (κ3) is 3.03. The van der Waals surface area contributed by atoms with E-state index in [9.17, 15) is 4.79 Å². The van der Waals surface area contributed by atoms with E-state index in [1.54, 1.807) is 7.11 Å². The Labute approximate surface area is 152 Å². The number of para-hydroxylation sites is 1. The molecule has 5 nitrogen and oxygen atoms in total. The highest BCUT2D eigenvalue weighted by Crippen LogP contribution is 2.36. The van der Waals surface area contributed by atoms with Crippen LogP contribution in [-0.2, 0) is 4.79 Å². The van der Waals surface area contributed by atoms with Crippen molar-refractivity contribution in [3.63, 3.8) is 0 Å². The molecule has 1 aromatic heterocycles. The Bertz CT molecular complexity index is 941. The molecule has 0 saturated carbocycles. The van der Waals surface area contributed by atoms with Crippen molar-refractivity contribution in [2.24, 2.45) is 0 Å². The van der Waals surface area contributed by atoms with Gasteiger partial charge in [0.1, 0.15) is 16.9 Å². The first-order valence-electron chi connectivity index (χ1n) is 9.32. The fourth-order valence-electron chi connectivity index (χ4n) is 3.88. The number of quaternary nitrogens is 1. The Morgan fingerprint density at radius 2 is 1.88 bits per heavy atom. The first-order valence-corrected chi connectivity index (χ1v) is 9.32. The first kappa shape index (κ1) is 16.9. The average Bonchev–Trinajstić information content (AvgIpc) is 3.04. The van der Waals surface area contributed by atoms with Crippen molar-refractivity contribution in [3.05, 3.63) is 36.4 Å². The van der Waals surface area contributed by atoms with E-state index in [0.717, 1.165) is 35.0 Å². The maximum absolute atomic E-state index is 12.8. The number of piperidine rings is 1. The number of ether oxygens (including phenoxy) is 1. The fourth-order valence-corrected chi connectivity index (χ4v) is 3.88. The van der Waals surface area contributed by atoms with Gasteiger partial charge in [-0.1, -0.05) is 18.2 Å². The summed E-state index contributed by atoms with van der Waals surface area (Å²) in [7, 11) is 1.62. The maximum Gasteiger partial charge on any atom is 0.282 e. The van der Waals surface area contributed by atoms with E-state index in [1.807, 2.05) is 43.3 Å². The van der Waals surface area contributed by atoms with Gasteiger partial charge in [0.2, 0.25) is 0 Å². The average molecular weight is 353 g/mol. The van der Waals surface area contributed by atoms with Crippen LogP contribution in [0.15, 0.2) is 40.8 Å². The topological polar surface area (TPSA) is 55.9 Å². The number of likely N-dealkylation sites (tertiary alicyclic amines) is 1. The van der Waals surface area contributed by atoms with Gasteiger partial charge in [0.25, 0.3) is 5.91 Å². The van der Waals surface area contributed by atoms with Gasteiger partial charge in [-0.05, 0) is 38.3 Å². The molecular formula is C21H25N2O3+. The van der Waals surface area contributed by atoms with E-state index in [4.69, 9.17) is 9.15 Å². The molecule has 0 aliphatic carbocycles. The molecule has 0 bridgehead atoms. The number of methoxy groups -OCH3 is 1. The van der Waals surface area contributed by atoms with Gasteiger partial charge in [0, 0.05) is 16.8 Å². The minimum Gasteiger partial charge on any atom is -0.495 e. The molecule has 2 aromatic carbocycles. The number of fused-ring (bicyclic) bond motifs is 3. The Balaban J connectivity index is 1.64. The summed E-state index contributed by atoms with van der Waals surface area (Å²) in [5, 5.41) is 5.09. The molecule has 26 heavy (non-hydrogen) atoms. The molecule has 2 heterocycles. The number of carbonyl (C=O) groups is 1. The van der Waals surface area contributed by atoms with Gasteiger partial charge in [-0.15, -0.1) is 0 Å². The van der Waals surface area contributed by atoms with Crippen molar-refractivity contribution < 1.29 is 18.8 Å². The fraction of sp³-hybridized carbons (Fsp3) is 0.381. The van der Waals surface area contributed by atoms with E-state index >= 15 is 0 Å². The van der Waals surface area contributed by atoms with Gasteiger partial charge >= 0.3 is 0 Å². The molecule has 2 N–H and O–H groups in total. The smallest absolute Gasteiger partial charge is 0.282 e. The van der Waals surface area contributed by atoms with Crippen LogP contribution in [0.5, 0.6) is 5.75 Å². The first-order chi connectivity index (χ1) is 12.7. The lowest BCUT2D eigenvalue weighted by molar-refractivity contribution is -0.918. The van der Waals surface area contributed by atoms with Crippen molar-refractivity contribution in [2.45, 2.75) is 32.2 Å². The molecule has 1 saturated heterocycles. The summed E-state index contributed by atoms with van der Waals surface area (Å²) < 4.78 is 11.5. The molecule has 1 aliphatic heterocycles. The number of anilines is 1. The largest absolute Gasteiger partial charge is 0.495 e. The second-order valence-electron chi connectivity index (χ2n) is 7.08. The molecule has 5 heteroatoms. The second-order valence-corrected chi connectivity index (χ2v) is 7.08. The van der Waals surface area contributed by atoms with Gasteiger partial charge in [0.05, 0.1) is 25.9 Å². The quantitative estimate of drug-likeness (QED) is 0.758. The number of nitrogens with one attached hydrogen (secondary N) is 2. The van der Waals surface area contributed by atoms with Gasteiger partial charge in [-0.2, -0.15) is 0 Å². The number of carbonyl (C=O) groups excluding carboxylic acids is 1. The number of hydrogen-bond acceptors (Lipinski definition) is 3. The SMILES string of the molecule is COc1cc2c(cc1NC(=O)[C@@H](C)[NH+]1CCCCC1)oc1ccccc12. The highest BCUT2D eigenvalue weighted by atomic mass is 16.5. The van der Waals surface area contributed by atoms with Crippen LogP contribution >= 0.6 is 0 Å². The predicted octanol–water partition coefficient (Wildman–Crippen LogP) is 2.99. The molecule has 1 aliphatic rings. The van der Waals surface area contributed by atoms with Gasteiger partial charge < -0.3 is 19.4 Å². The van der Waals surface area contributed by atoms with E-state index in [1.165, 1.54) is 24.2 Å². The monoisotopic (exact) mass is 353 g/mol. The molecule has 1 amide bonds. The maximum atomic E-state index is 12.8. The van der Waals surface area contributed by atoms with Crippen LogP contribution in [0.3, 0.4) is 0 Å². The second kappa shape index (κ2) is 7.00. The van der Waals surface area contributed by atoms with Crippen LogP contribution in [0.1, 0.15) is 26.2 Å². The Hall–Kier alpha value is -2.53. The third-order valence-corrected chi connectivity index (χ3v) is 5.46. The number of benzene rings is 2. The summed E-state index contributed by atoms with van der Waals surface area (Å²) in [6, 6.07) is 11.6. The van der Waals surface area contributed by atoms with Crippen LogP contribution < -0.4 is 15.0 Å². The minimum absolute atomic E-state index is 0.0238.